The molecule has 0 atom stereocenters. The molecule has 0 saturated heterocycles. The van der Waals surface area contributed by atoms with Crippen LogP contribution in [0.1, 0.15) is 33.6 Å². The number of aliphatic hydroxyl groups is 1. The molecule has 6 heteroatoms. The standard InChI is InChI=1S/C15H20BN2O3/c1-10-17-13(18-20-10)11-6-8-12(9-7-11)16-21-15(4,5)14(2,3)19/h6-9,19H,1-5H3. The van der Waals surface area contributed by atoms with Gasteiger partial charge in [-0.05, 0) is 27.7 Å². The second-order valence-corrected chi connectivity index (χ2v) is 6.06. The van der Waals surface area contributed by atoms with E-state index in [2.05, 4.69) is 10.1 Å². The maximum atomic E-state index is 10.0. The fourth-order valence-electron chi connectivity index (χ4n) is 1.49. The lowest BCUT2D eigenvalue weighted by atomic mass is 9.82. The number of hydrogen-bond acceptors (Lipinski definition) is 5. The molecule has 21 heavy (non-hydrogen) atoms. The van der Waals surface area contributed by atoms with Crippen molar-refractivity contribution in [1.29, 1.82) is 0 Å². The predicted molar refractivity (Wildman–Crippen MR) is 81.3 cm³/mol. The molecule has 0 unspecified atom stereocenters. The van der Waals surface area contributed by atoms with E-state index in [0.717, 1.165) is 11.0 Å². The zero-order valence-electron chi connectivity index (χ0n) is 13.0. The van der Waals surface area contributed by atoms with Crippen molar-refractivity contribution in [1.82, 2.24) is 10.1 Å². The molecule has 0 aliphatic rings. The third-order valence-corrected chi connectivity index (χ3v) is 3.66. The molecular weight excluding hydrogens is 267 g/mol. The Morgan fingerprint density at radius 1 is 1.14 bits per heavy atom. The Kier molecular flexibility index (Phi) is 4.21. The van der Waals surface area contributed by atoms with E-state index in [4.69, 9.17) is 9.18 Å². The van der Waals surface area contributed by atoms with Gasteiger partial charge in [0.1, 0.15) is 0 Å². The van der Waals surface area contributed by atoms with E-state index >= 15 is 0 Å². The van der Waals surface area contributed by atoms with Gasteiger partial charge in [-0.15, -0.1) is 0 Å². The van der Waals surface area contributed by atoms with E-state index < -0.39 is 11.2 Å². The van der Waals surface area contributed by atoms with Gasteiger partial charge in [-0.3, -0.25) is 0 Å². The van der Waals surface area contributed by atoms with Gasteiger partial charge in [0.2, 0.25) is 11.7 Å². The highest BCUT2D eigenvalue weighted by atomic mass is 16.5. The quantitative estimate of drug-likeness (QED) is 0.850. The van der Waals surface area contributed by atoms with Gasteiger partial charge >= 0.3 is 7.48 Å². The maximum absolute atomic E-state index is 10.0. The highest BCUT2D eigenvalue weighted by molar-refractivity contribution is 6.47. The van der Waals surface area contributed by atoms with Crippen molar-refractivity contribution in [3.8, 4) is 11.4 Å². The Morgan fingerprint density at radius 3 is 2.24 bits per heavy atom. The van der Waals surface area contributed by atoms with Crippen LogP contribution in [0.2, 0.25) is 0 Å². The van der Waals surface area contributed by atoms with E-state index in [1.54, 1.807) is 28.3 Å². The van der Waals surface area contributed by atoms with Crippen molar-refractivity contribution >= 4 is 12.9 Å². The topological polar surface area (TPSA) is 68.4 Å². The molecule has 1 heterocycles. The lowest BCUT2D eigenvalue weighted by Crippen LogP contribution is -2.49. The second kappa shape index (κ2) is 5.62. The van der Waals surface area contributed by atoms with Crippen molar-refractivity contribution < 1.29 is 14.3 Å². The van der Waals surface area contributed by atoms with E-state index in [1.165, 1.54) is 0 Å². The molecular formula is C15H20BN2O3. The van der Waals surface area contributed by atoms with Crippen LogP contribution in [-0.4, -0.2) is 33.9 Å². The summed E-state index contributed by atoms with van der Waals surface area (Å²) in [6, 6.07) is 7.61. The zero-order valence-corrected chi connectivity index (χ0v) is 13.0. The number of benzene rings is 1. The highest BCUT2D eigenvalue weighted by Gasteiger charge is 2.35. The molecule has 0 fully saturated rings. The molecule has 0 amide bonds. The molecule has 0 aliphatic carbocycles. The zero-order chi connectivity index (χ0) is 15.7. The number of rotatable bonds is 5. The Bertz CT molecular complexity index is 600. The summed E-state index contributed by atoms with van der Waals surface area (Å²) in [6.45, 7) is 8.90. The monoisotopic (exact) mass is 287 g/mol. The van der Waals surface area contributed by atoms with E-state index in [0.29, 0.717) is 11.7 Å². The number of hydrogen-bond donors (Lipinski definition) is 1. The minimum Gasteiger partial charge on any atom is -0.427 e. The van der Waals surface area contributed by atoms with Crippen LogP contribution in [0.5, 0.6) is 0 Å². The summed E-state index contributed by atoms with van der Waals surface area (Å²) in [4.78, 5) is 4.18. The van der Waals surface area contributed by atoms with Crippen LogP contribution in [0.25, 0.3) is 11.4 Å². The predicted octanol–water partition coefficient (Wildman–Crippen LogP) is 1.86. The van der Waals surface area contributed by atoms with Crippen LogP contribution < -0.4 is 5.46 Å². The normalized spacial score (nSPS) is 12.5. The van der Waals surface area contributed by atoms with Gasteiger partial charge < -0.3 is 14.3 Å². The van der Waals surface area contributed by atoms with Gasteiger partial charge in [-0.2, -0.15) is 4.98 Å². The van der Waals surface area contributed by atoms with E-state index in [-0.39, 0.29) is 0 Å². The van der Waals surface area contributed by atoms with Crippen LogP contribution in [0.15, 0.2) is 28.8 Å². The summed E-state index contributed by atoms with van der Waals surface area (Å²) < 4.78 is 10.7. The molecule has 0 bridgehead atoms. The minimum atomic E-state index is -0.939. The number of aromatic nitrogens is 2. The third kappa shape index (κ3) is 3.71. The molecule has 1 radical (unpaired) electrons. The SMILES string of the molecule is Cc1nc(-c2ccc([B]OC(C)(C)C(C)(C)O)cc2)no1. The molecule has 0 aliphatic heterocycles. The molecule has 1 aromatic carbocycles. The maximum Gasteiger partial charge on any atom is 0.330 e. The summed E-state index contributed by atoms with van der Waals surface area (Å²) in [5.74, 6) is 1.10. The molecule has 5 nitrogen and oxygen atoms in total. The first-order chi connectivity index (χ1) is 9.69. The number of nitrogens with zero attached hydrogens (tertiary/aromatic N) is 2. The average molecular weight is 287 g/mol. The summed E-state index contributed by atoms with van der Waals surface area (Å²) in [6.07, 6.45) is 0. The summed E-state index contributed by atoms with van der Waals surface area (Å²) >= 11 is 0. The highest BCUT2D eigenvalue weighted by Crippen LogP contribution is 2.24. The Labute approximate surface area is 125 Å². The molecule has 0 spiro atoms. The second-order valence-electron chi connectivity index (χ2n) is 6.06. The van der Waals surface area contributed by atoms with Gasteiger partial charge in [-0.25, -0.2) is 0 Å². The van der Waals surface area contributed by atoms with Crippen LogP contribution in [0, 0.1) is 6.92 Å². The van der Waals surface area contributed by atoms with Crippen LogP contribution in [0.3, 0.4) is 0 Å². The van der Waals surface area contributed by atoms with E-state index in [1.807, 2.05) is 38.1 Å². The average Bonchev–Trinajstić information content (AvgIpc) is 2.82. The summed E-state index contributed by atoms with van der Waals surface area (Å²) in [5.41, 5.74) is 0.157. The summed E-state index contributed by atoms with van der Waals surface area (Å²) in [7, 11) is 1.64. The fourth-order valence-corrected chi connectivity index (χ4v) is 1.49. The van der Waals surface area contributed by atoms with Crippen molar-refractivity contribution in [3.05, 3.63) is 30.2 Å². The lowest BCUT2D eigenvalue weighted by molar-refractivity contribution is -0.0893. The largest absolute Gasteiger partial charge is 0.427 e. The molecule has 2 rings (SSSR count). The lowest BCUT2D eigenvalue weighted by Gasteiger charge is -2.37. The van der Waals surface area contributed by atoms with Gasteiger partial charge in [0.25, 0.3) is 0 Å². The first-order valence-electron chi connectivity index (χ1n) is 6.83. The molecule has 1 N–H and O–H groups in total. The van der Waals surface area contributed by atoms with Crippen LogP contribution in [-0.2, 0) is 4.65 Å². The van der Waals surface area contributed by atoms with Gasteiger partial charge in [-0.1, -0.05) is 34.9 Å². The first-order valence-corrected chi connectivity index (χ1v) is 6.83. The van der Waals surface area contributed by atoms with Crippen molar-refractivity contribution in [2.45, 2.75) is 45.8 Å². The van der Waals surface area contributed by atoms with Crippen molar-refractivity contribution in [2.24, 2.45) is 0 Å². The fraction of sp³-hybridized carbons (Fsp3) is 0.467. The van der Waals surface area contributed by atoms with Crippen molar-refractivity contribution in [3.63, 3.8) is 0 Å². The van der Waals surface area contributed by atoms with Gasteiger partial charge in [0.15, 0.2) is 0 Å². The van der Waals surface area contributed by atoms with Gasteiger partial charge in [0.05, 0.1) is 11.2 Å². The summed E-state index contributed by atoms with van der Waals surface area (Å²) in [5, 5.41) is 13.9. The van der Waals surface area contributed by atoms with Crippen LogP contribution >= 0.6 is 0 Å². The van der Waals surface area contributed by atoms with Crippen molar-refractivity contribution in [2.75, 3.05) is 0 Å². The smallest absolute Gasteiger partial charge is 0.330 e. The Balaban J connectivity index is 2.03. The third-order valence-electron chi connectivity index (χ3n) is 3.66. The molecule has 2 aromatic rings. The Hall–Kier alpha value is -1.66. The molecule has 0 saturated carbocycles. The van der Waals surface area contributed by atoms with E-state index in [9.17, 15) is 5.11 Å². The molecule has 111 valence electrons. The Morgan fingerprint density at radius 2 is 1.76 bits per heavy atom. The minimum absolute atomic E-state index is 0.538. The molecule has 1 aromatic heterocycles. The van der Waals surface area contributed by atoms with Gasteiger partial charge in [0, 0.05) is 12.5 Å². The number of aryl methyl sites for hydroxylation is 1. The van der Waals surface area contributed by atoms with Crippen LogP contribution in [0.4, 0.5) is 0 Å². The first kappa shape index (κ1) is 15.7.